The van der Waals surface area contributed by atoms with Gasteiger partial charge >= 0.3 is 0 Å². The summed E-state index contributed by atoms with van der Waals surface area (Å²) in [4.78, 5) is 36.7. The first kappa shape index (κ1) is 13.0. The van der Waals surface area contributed by atoms with Crippen LogP contribution < -0.4 is 10.6 Å². The van der Waals surface area contributed by atoms with E-state index >= 15 is 0 Å². The van der Waals surface area contributed by atoms with Crippen LogP contribution >= 0.6 is 0 Å². The Kier molecular flexibility index (Phi) is 3.65. The van der Waals surface area contributed by atoms with Gasteiger partial charge in [-0.2, -0.15) is 0 Å². The molecule has 0 bridgehead atoms. The second kappa shape index (κ2) is 5.06. The minimum atomic E-state index is -0.547. The Balaban J connectivity index is 2.00. The predicted molar refractivity (Wildman–Crippen MR) is 64.6 cm³/mol. The van der Waals surface area contributed by atoms with Gasteiger partial charge in [0.25, 0.3) is 0 Å². The zero-order valence-electron chi connectivity index (χ0n) is 10.7. The average molecular weight is 253 g/mol. The first-order valence-corrected chi connectivity index (χ1v) is 6.40. The van der Waals surface area contributed by atoms with E-state index in [4.69, 9.17) is 0 Å². The van der Waals surface area contributed by atoms with Crippen molar-refractivity contribution in [1.29, 1.82) is 0 Å². The smallest absolute Gasteiger partial charge is 0.247 e. The number of imide groups is 1. The Morgan fingerprint density at radius 3 is 2.56 bits per heavy atom. The molecule has 2 heterocycles. The van der Waals surface area contributed by atoms with Crippen molar-refractivity contribution in [1.82, 2.24) is 15.5 Å². The van der Waals surface area contributed by atoms with Crippen LogP contribution in [-0.2, 0) is 14.4 Å². The van der Waals surface area contributed by atoms with Gasteiger partial charge in [-0.25, -0.2) is 0 Å². The van der Waals surface area contributed by atoms with Gasteiger partial charge in [0.05, 0.1) is 18.5 Å². The third kappa shape index (κ3) is 2.38. The van der Waals surface area contributed by atoms with Gasteiger partial charge in [0.2, 0.25) is 17.7 Å². The molecule has 0 spiro atoms. The summed E-state index contributed by atoms with van der Waals surface area (Å²) in [6.07, 6.45) is 1.76. The number of hydrogen-bond acceptors (Lipinski definition) is 4. The number of hydrogen-bond donors (Lipinski definition) is 2. The monoisotopic (exact) mass is 253 g/mol. The standard InChI is InChI=1S/C12H19N3O3/c1-7(2)15-10(16)6-9(12(15)18)14-8-4-3-5-13-11(8)17/h7-9,14H,3-6H2,1-2H3,(H,13,17). The fourth-order valence-corrected chi connectivity index (χ4v) is 2.50. The van der Waals surface area contributed by atoms with Gasteiger partial charge in [0.15, 0.2) is 0 Å². The second-order valence-electron chi connectivity index (χ2n) is 5.10. The van der Waals surface area contributed by atoms with Crippen LogP contribution in [0.5, 0.6) is 0 Å². The van der Waals surface area contributed by atoms with E-state index in [1.807, 2.05) is 13.8 Å². The van der Waals surface area contributed by atoms with Gasteiger partial charge in [-0.05, 0) is 26.7 Å². The summed E-state index contributed by atoms with van der Waals surface area (Å²) in [6, 6.07) is -1.03. The van der Waals surface area contributed by atoms with E-state index in [-0.39, 0.29) is 36.2 Å². The highest BCUT2D eigenvalue weighted by molar-refractivity contribution is 6.06. The number of amides is 3. The van der Waals surface area contributed by atoms with Crippen LogP contribution in [0.25, 0.3) is 0 Å². The predicted octanol–water partition coefficient (Wildman–Crippen LogP) is -0.609. The molecule has 0 aliphatic carbocycles. The Morgan fingerprint density at radius 1 is 1.28 bits per heavy atom. The Bertz CT molecular complexity index is 381. The number of piperidine rings is 1. The number of carbonyl (C=O) groups is 3. The molecule has 0 aromatic carbocycles. The molecule has 2 rings (SSSR count). The number of likely N-dealkylation sites (tertiary alicyclic amines) is 1. The molecule has 0 radical (unpaired) electrons. The fraction of sp³-hybridized carbons (Fsp3) is 0.750. The quantitative estimate of drug-likeness (QED) is 0.658. The maximum absolute atomic E-state index is 12.0. The van der Waals surface area contributed by atoms with Crippen molar-refractivity contribution in [3.63, 3.8) is 0 Å². The maximum Gasteiger partial charge on any atom is 0.247 e. The summed E-state index contributed by atoms with van der Waals surface area (Å²) in [5.74, 6) is -0.457. The molecular weight excluding hydrogens is 234 g/mol. The third-order valence-corrected chi connectivity index (χ3v) is 3.39. The highest BCUT2D eigenvalue weighted by atomic mass is 16.2. The summed E-state index contributed by atoms with van der Waals surface area (Å²) in [6.45, 7) is 4.31. The van der Waals surface area contributed by atoms with Crippen molar-refractivity contribution >= 4 is 17.7 Å². The van der Waals surface area contributed by atoms with Crippen LogP contribution in [0, 0.1) is 0 Å². The van der Waals surface area contributed by atoms with E-state index in [0.29, 0.717) is 13.0 Å². The molecule has 18 heavy (non-hydrogen) atoms. The van der Waals surface area contributed by atoms with Gasteiger partial charge in [-0.1, -0.05) is 0 Å². The average Bonchev–Trinajstić information content (AvgIpc) is 2.57. The normalized spacial score (nSPS) is 29.1. The molecule has 2 unspecified atom stereocenters. The highest BCUT2D eigenvalue weighted by Crippen LogP contribution is 2.17. The molecule has 2 N–H and O–H groups in total. The van der Waals surface area contributed by atoms with Crippen LogP contribution in [0.2, 0.25) is 0 Å². The SMILES string of the molecule is CC(C)N1C(=O)CC(NC2CCCNC2=O)C1=O. The molecule has 2 aliphatic rings. The van der Waals surface area contributed by atoms with E-state index in [1.165, 1.54) is 4.90 Å². The van der Waals surface area contributed by atoms with Crippen LogP contribution in [0.15, 0.2) is 0 Å². The lowest BCUT2D eigenvalue weighted by molar-refractivity contribution is -0.140. The minimum Gasteiger partial charge on any atom is -0.355 e. The van der Waals surface area contributed by atoms with E-state index < -0.39 is 6.04 Å². The van der Waals surface area contributed by atoms with Gasteiger partial charge in [0, 0.05) is 12.6 Å². The van der Waals surface area contributed by atoms with E-state index in [9.17, 15) is 14.4 Å². The summed E-state index contributed by atoms with van der Waals surface area (Å²) in [7, 11) is 0. The molecule has 2 aliphatic heterocycles. The first-order valence-electron chi connectivity index (χ1n) is 6.40. The largest absolute Gasteiger partial charge is 0.355 e. The fourth-order valence-electron chi connectivity index (χ4n) is 2.50. The van der Waals surface area contributed by atoms with Crippen LogP contribution in [-0.4, -0.2) is 47.3 Å². The first-order chi connectivity index (χ1) is 8.50. The number of rotatable bonds is 3. The Labute approximate surface area is 106 Å². The van der Waals surface area contributed by atoms with Gasteiger partial charge in [-0.3, -0.25) is 24.6 Å². The zero-order valence-corrected chi connectivity index (χ0v) is 10.7. The molecular formula is C12H19N3O3. The van der Waals surface area contributed by atoms with Gasteiger partial charge in [0.1, 0.15) is 0 Å². The Hall–Kier alpha value is -1.43. The van der Waals surface area contributed by atoms with Crippen LogP contribution in [0.4, 0.5) is 0 Å². The molecule has 2 atom stereocenters. The maximum atomic E-state index is 12.0. The lowest BCUT2D eigenvalue weighted by atomic mass is 10.1. The number of carbonyl (C=O) groups excluding carboxylic acids is 3. The molecule has 3 amide bonds. The molecule has 6 nitrogen and oxygen atoms in total. The van der Waals surface area contributed by atoms with Crippen molar-refractivity contribution in [3.8, 4) is 0 Å². The van der Waals surface area contributed by atoms with Crippen molar-refractivity contribution in [2.45, 2.75) is 51.2 Å². The number of nitrogens with one attached hydrogen (secondary N) is 2. The molecule has 6 heteroatoms. The molecule has 100 valence electrons. The van der Waals surface area contributed by atoms with E-state index in [2.05, 4.69) is 10.6 Å². The lowest BCUT2D eigenvalue weighted by Crippen LogP contribution is -2.53. The minimum absolute atomic E-state index is 0.0792. The molecule has 0 aromatic heterocycles. The summed E-state index contributed by atoms with van der Waals surface area (Å²) < 4.78 is 0. The zero-order chi connectivity index (χ0) is 13.3. The van der Waals surface area contributed by atoms with Gasteiger partial charge in [-0.15, -0.1) is 0 Å². The van der Waals surface area contributed by atoms with E-state index in [0.717, 1.165) is 6.42 Å². The van der Waals surface area contributed by atoms with Crippen molar-refractivity contribution in [2.75, 3.05) is 6.54 Å². The molecule has 2 saturated heterocycles. The van der Waals surface area contributed by atoms with Gasteiger partial charge < -0.3 is 5.32 Å². The molecule has 2 fully saturated rings. The topological polar surface area (TPSA) is 78.5 Å². The second-order valence-corrected chi connectivity index (χ2v) is 5.10. The van der Waals surface area contributed by atoms with Crippen molar-refractivity contribution < 1.29 is 14.4 Å². The third-order valence-electron chi connectivity index (χ3n) is 3.39. The van der Waals surface area contributed by atoms with Crippen molar-refractivity contribution in [3.05, 3.63) is 0 Å². The molecule has 0 aromatic rings. The van der Waals surface area contributed by atoms with Crippen LogP contribution in [0.3, 0.4) is 0 Å². The highest BCUT2D eigenvalue weighted by Gasteiger charge is 2.41. The summed E-state index contributed by atoms with van der Waals surface area (Å²) in [5, 5.41) is 5.76. The lowest BCUT2D eigenvalue weighted by Gasteiger charge is -2.25. The number of nitrogens with zero attached hydrogens (tertiary/aromatic N) is 1. The summed E-state index contributed by atoms with van der Waals surface area (Å²) in [5.41, 5.74) is 0. The van der Waals surface area contributed by atoms with Crippen LogP contribution in [0.1, 0.15) is 33.1 Å². The molecule has 0 saturated carbocycles. The van der Waals surface area contributed by atoms with E-state index in [1.54, 1.807) is 0 Å². The summed E-state index contributed by atoms with van der Waals surface area (Å²) >= 11 is 0. The Morgan fingerprint density at radius 2 is 2.00 bits per heavy atom. The van der Waals surface area contributed by atoms with Crippen molar-refractivity contribution in [2.24, 2.45) is 0 Å².